The average molecular weight is 447 g/mol. The fraction of sp³-hybridized carbons (Fsp3) is 0.240. The number of benzene rings is 2. The molecule has 170 valence electrons. The van der Waals surface area contributed by atoms with Crippen molar-refractivity contribution >= 4 is 34.5 Å². The molecule has 2 aromatic carbocycles. The summed E-state index contributed by atoms with van der Waals surface area (Å²) in [6, 6.07) is 16.4. The second-order valence-electron chi connectivity index (χ2n) is 7.15. The van der Waals surface area contributed by atoms with E-state index in [-0.39, 0.29) is 18.0 Å². The molecule has 0 saturated carbocycles. The maximum atomic E-state index is 12.7. The summed E-state index contributed by atoms with van der Waals surface area (Å²) in [4.78, 5) is 25.0. The van der Waals surface area contributed by atoms with Crippen LogP contribution in [0.25, 0.3) is 17.0 Å². The number of anilines is 1. The Morgan fingerprint density at radius 2 is 1.91 bits per heavy atom. The molecular weight excluding hydrogens is 420 g/mol. The van der Waals surface area contributed by atoms with E-state index in [1.807, 2.05) is 37.3 Å². The van der Waals surface area contributed by atoms with Gasteiger partial charge in [0.25, 0.3) is 5.91 Å². The van der Waals surface area contributed by atoms with Gasteiger partial charge in [-0.05, 0) is 43.3 Å². The number of para-hydroxylation sites is 1. The van der Waals surface area contributed by atoms with Gasteiger partial charge in [0, 0.05) is 42.0 Å². The number of rotatable bonds is 10. The third-order valence-electron chi connectivity index (χ3n) is 4.85. The lowest BCUT2D eigenvalue weighted by atomic mass is 10.1. The number of carbonyl (C=O) groups is 2. The third-order valence-corrected chi connectivity index (χ3v) is 4.85. The first-order chi connectivity index (χ1) is 16.0. The summed E-state index contributed by atoms with van der Waals surface area (Å²) >= 11 is 0. The lowest BCUT2D eigenvalue weighted by Gasteiger charge is -2.06. The Bertz CT molecular complexity index is 1190. The second kappa shape index (κ2) is 11.5. The van der Waals surface area contributed by atoms with E-state index < -0.39 is 5.91 Å². The SMILES string of the molecule is CCOc1ccc(NC(=O)C(C#N)=Cc2cn(CC(=O)NCCOC)c3ccccc23)cc1. The molecule has 8 heteroatoms. The minimum Gasteiger partial charge on any atom is -0.494 e. The van der Waals surface area contributed by atoms with Crippen molar-refractivity contribution in [3.05, 3.63) is 65.9 Å². The predicted molar refractivity (Wildman–Crippen MR) is 127 cm³/mol. The predicted octanol–water partition coefficient (Wildman–Crippen LogP) is 3.35. The molecular formula is C25H26N4O4. The minimum absolute atomic E-state index is 0.0451. The summed E-state index contributed by atoms with van der Waals surface area (Å²) in [7, 11) is 1.57. The van der Waals surface area contributed by atoms with Gasteiger partial charge in [0.05, 0.1) is 13.2 Å². The Hall–Kier alpha value is -4.09. The number of amides is 2. The quantitative estimate of drug-likeness (QED) is 0.282. The Balaban J connectivity index is 1.81. The Kier molecular flexibility index (Phi) is 8.22. The highest BCUT2D eigenvalue weighted by Gasteiger charge is 2.14. The third kappa shape index (κ3) is 6.21. The van der Waals surface area contributed by atoms with Crippen LogP contribution < -0.4 is 15.4 Å². The van der Waals surface area contributed by atoms with Crippen LogP contribution in [0.4, 0.5) is 5.69 Å². The van der Waals surface area contributed by atoms with Gasteiger partial charge < -0.3 is 24.7 Å². The summed E-state index contributed by atoms with van der Waals surface area (Å²) in [6.07, 6.45) is 3.30. The van der Waals surface area contributed by atoms with E-state index in [1.54, 1.807) is 42.1 Å². The zero-order valence-corrected chi connectivity index (χ0v) is 18.6. The highest BCUT2D eigenvalue weighted by atomic mass is 16.5. The van der Waals surface area contributed by atoms with Crippen molar-refractivity contribution in [3.8, 4) is 11.8 Å². The van der Waals surface area contributed by atoms with E-state index in [0.717, 1.165) is 10.9 Å². The lowest BCUT2D eigenvalue weighted by Crippen LogP contribution is -2.30. The molecule has 3 rings (SSSR count). The number of hydrogen-bond acceptors (Lipinski definition) is 5. The normalized spacial score (nSPS) is 11.1. The van der Waals surface area contributed by atoms with Crippen LogP contribution in [0.5, 0.6) is 5.75 Å². The average Bonchev–Trinajstić information content (AvgIpc) is 3.16. The maximum Gasteiger partial charge on any atom is 0.266 e. The van der Waals surface area contributed by atoms with Crippen LogP contribution in [0, 0.1) is 11.3 Å². The number of methoxy groups -OCH3 is 1. The molecule has 1 aromatic heterocycles. The molecule has 1 heterocycles. The highest BCUT2D eigenvalue weighted by molar-refractivity contribution is 6.10. The van der Waals surface area contributed by atoms with Crippen molar-refractivity contribution in [1.29, 1.82) is 5.26 Å². The van der Waals surface area contributed by atoms with Crippen molar-refractivity contribution in [3.63, 3.8) is 0 Å². The topological polar surface area (TPSA) is 105 Å². The van der Waals surface area contributed by atoms with Gasteiger partial charge >= 0.3 is 0 Å². The van der Waals surface area contributed by atoms with E-state index in [4.69, 9.17) is 9.47 Å². The molecule has 0 bridgehead atoms. The summed E-state index contributed by atoms with van der Waals surface area (Å²) in [5.41, 5.74) is 2.01. The van der Waals surface area contributed by atoms with E-state index >= 15 is 0 Å². The summed E-state index contributed by atoms with van der Waals surface area (Å²) in [5, 5.41) is 16.0. The maximum absolute atomic E-state index is 12.7. The zero-order chi connectivity index (χ0) is 23.6. The number of nitriles is 1. The highest BCUT2D eigenvalue weighted by Crippen LogP contribution is 2.24. The van der Waals surface area contributed by atoms with Crippen molar-refractivity contribution in [1.82, 2.24) is 9.88 Å². The first-order valence-corrected chi connectivity index (χ1v) is 10.5. The molecule has 0 saturated heterocycles. The molecule has 0 spiro atoms. The lowest BCUT2D eigenvalue weighted by molar-refractivity contribution is -0.121. The molecule has 0 aliphatic rings. The summed E-state index contributed by atoms with van der Waals surface area (Å²) in [6.45, 7) is 3.41. The van der Waals surface area contributed by atoms with Crippen LogP contribution in [0.3, 0.4) is 0 Å². The van der Waals surface area contributed by atoms with Gasteiger partial charge in [0.15, 0.2) is 0 Å². The second-order valence-corrected chi connectivity index (χ2v) is 7.15. The number of nitrogens with zero attached hydrogens (tertiary/aromatic N) is 2. The van der Waals surface area contributed by atoms with Crippen molar-refractivity contribution in [2.45, 2.75) is 13.5 Å². The zero-order valence-electron chi connectivity index (χ0n) is 18.6. The molecule has 0 aliphatic heterocycles. The fourth-order valence-electron chi connectivity index (χ4n) is 3.33. The van der Waals surface area contributed by atoms with Crippen LogP contribution in [0.1, 0.15) is 12.5 Å². The molecule has 0 atom stereocenters. The largest absolute Gasteiger partial charge is 0.494 e. The summed E-state index contributed by atoms with van der Waals surface area (Å²) < 4.78 is 12.1. The Morgan fingerprint density at radius 1 is 1.15 bits per heavy atom. The van der Waals surface area contributed by atoms with Gasteiger partial charge in [-0.1, -0.05) is 18.2 Å². The molecule has 2 amide bonds. The number of aromatic nitrogens is 1. The minimum atomic E-state index is -0.518. The van der Waals surface area contributed by atoms with Crippen LogP contribution >= 0.6 is 0 Å². The van der Waals surface area contributed by atoms with E-state index in [2.05, 4.69) is 10.6 Å². The number of fused-ring (bicyclic) bond motifs is 1. The first kappa shape index (κ1) is 23.6. The van der Waals surface area contributed by atoms with Crippen LogP contribution in [-0.2, 0) is 20.9 Å². The molecule has 3 aromatic rings. The molecule has 2 N–H and O–H groups in total. The fourth-order valence-corrected chi connectivity index (χ4v) is 3.33. The van der Waals surface area contributed by atoms with Crippen molar-refractivity contribution < 1.29 is 19.1 Å². The van der Waals surface area contributed by atoms with E-state index in [1.165, 1.54) is 6.08 Å². The Labute approximate surface area is 192 Å². The van der Waals surface area contributed by atoms with Crippen LogP contribution in [0.15, 0.2) is 60.3 Å². The molecule has 0 unspecified atom stereocenters. The van der Waals surface area contributed by atoms with Gasteiger partial charge in [-0.2, -0.15) is 5.26 Å². The number of ether oxygens (including phenoxy) is 2. The molecule has 8 nitrogen and oxygen atoms in total. The van der Waals surface area contributed by atoms with Gasteiger partial charge in [0.2, 0.25) is 5.91 Å². The van der Waals surface area contributed by atoms with Crippen molar-refractivity contribution in [2.75, 3.05) is 32.2 Å². The number of nitrogens with one attached hydrogen (secondary N) is 2. The monoisotopic (exact) mass is 446 g/mol. The van der Waals surface area contributed by atoms with E-state index in [9.17, 15) is 14.9 Å². The van der Waals surface area contributed by atoms with Crippen LogP contribution in [-0.4, -0.2) is 43.2 Å². The van der Waals surface area contributed by atoms with Crippen molar-refractivity contribution in [2.24, 2.45) is 0 Å². The number of hydrogen-bond donors (Lipinski definition) is 2. The van der Waals surface area contributed by atoms with Gasteiger partial charge in [0.1, 0.15) is 23.9 Å². The molecule has 0 radical (unpaired) electrons. The van der Waals surface area contributed by atoms with E-state index in [0.29, 0.717) is 36.8 Å². The number of carbonyl (C=O) groups excluding carboxylic acids is 2. The standard InChI is InChI=1S/C25H26N4O4/c1-3-33-21-10-8-20(9-11-21)28-25(31)18(15-26)14-19-16-29(17-24(30)27-12-13-32-2)23-7-5-4-6-22(19)23/h4-11,14,16H,3,12-13,17H2,1-2H3,(H,27,30)(H,28,31). The Morgan fingerprint density at radius 3 is 2.61 bits per heavy atom. The first-order valence-electron chi connectivity index (χ1n) is 10.5. The molecule has 0 fully saturated rings. The van der Waals surface area contributed by atoms with Crippen LogP contribution in [0.2, 0.25) is 0 Å². The smallest absolute Gasteiger partial charge is 0.266 e. The molecule has 0 aliphatic carbocycles. The van der Waals surface area contributed by atoms with Gasteiger partial charge in [-0.15, -0.1) is 0 Å². The molecule has 33 heavy (non-hydrogen) atoms. The summed E-state index contributed by atoms with van der Waals surface area (Å²) in [5.74, 6) is 0.0264. The van der Waals surface area contributed by atoms with Gasteiger partial charge in [-0.3, -0.25) is 9.59 Å². The van der Waals surface area contributed by atoms with Gasteiger partial charge in [-0.25, -0.2) is 0 Å².